The van der Waals surface area contributed by atoms with E-state index in [1.807, 2.05) is 0 Å². The van der Waals surface area contributed by atoms with Gasteiger partial charge in [0.25, 0.3) is 0 Å². The van der Waals surface area contributed by atoms with Gasteiger partial charge in [-0.15, -0.1) is 0 Å². The van der Waals surface area contributed by atoms with E-state index in [0.29, 0.717) is 27.6 Å². The maximum absolute atomic E-state index is 13.7. The van der Waals surface area contributed by atoms with Gasteiger partial charge in [0, 0.05) is 34.3 Å². The first-order chi connectivity index (χ1) is 15.8. The van der Waals surface area contributed by atoms with Crippen LogP contribution in [0, 0.1) is 11.8 Å². The molecule has 4 N–H and O–H groups in total. The molecule has 2 aromatic carbocycles. The summed E-state index contributed by atoms with van der Waals surface area (Å²) >= 11 is 6.21. The number of rotatable bonds is 5. The molecule has 10 heteroatoms. The zero-order chi connectivity index (χ0) is 23.5. The molecule has 5 rings (SSSR count). The Hall–Kier alpha value is -3.43. The third-order valence-corrected chi connectivity index (χ3v) is 6.95. The first kappa shape index (κ1) is 21.4. The van der Waals surface area contributed by atoms with Gasteiger partial charge in [-0.1, -0.05) is 29.8 Å². The van der Waals surface area contributed by atoms with Gasteiger partial charge in [0.15, 0.2) is 0 Å². The van der Waals surface area contributed by atoms with Crippen LogP contribution in [0.3, 0.4) is 0 Å². The van der Waals surface area contributed by atoms with Crippen LogP contribution in [0.1, 0.15) is 17.5 Å². The number of nitrogens with one attached hydrogen (secondary N) is 2. The molecule has 4 atom stereocenters. The highest BCUT2D eigenvalue weighted by molar-refractivity contribution is 6.31. The minimum absolute atomic E-state index is 0.0158. The molecule has 2 fully saturated rings. The van der Waals surface area contributed by atoms with Crippen LogP contribution in [-0.4, -0.2) is 41.7 Å². The largest absolute Gasteiger partial charge is 0.496 e. The highest BCUT2D eigenvalue weighted by Crippen LogP contribution is 2.54. The summed E-state index contributed by atoms with van der Waals surface area (Å²) in [6.07, 6.45) is -0.201. The second kappa shape index (κ2) is 7.57. The number of anilines is 1. The van der Waals surface area contributed by atoms with Crippen molar-refractivity contribution in [3.63, 3.8) is 0 Å². The summed E-state index contributed by atoms with van der Waals surface area (Å²) in [4.78, 5) is 53.5. The van der Waals surface area contributed by atoms with E-state index in [2.05, 4.69) is 10.6 Å². The molecule has 0 aromatic heterocycles. The van der Waals surface area contributed by atoms with Gasteiger partial charge >= 0.3 is 0 Å². The highest BCUT2D eigenvalue weighted by atomic mass is 35.5. The SMILES string of the molecule is COc1ccccc1CN1C(=O)[C@H]2[C@@H](C1=O)[C@]1(N[C@@H]2CC(N)=O)C(=O)Nc2ccc(Cl)cc21. The fraction of sp³-hybridized carbons (Fsp3) is 0.304. The monoisotopic (exact) mass is 468 g/mol. The molecule has 0 bridgehead atoms. The lowest BCUT2D eigenvalue weighted by molar-refractivity contribution is -0.143. The van der Waals surface area contributed by atoms with Gasteiger partial charge in [-0.3, -0.25) is 29.4 Å². The summed E-state index contributed by atoms with van der Waals surface area (Å²) in [5.41, 5.74) is 5.53. The van der Waals surface area contributed by atoms with Crippen molar-refractivity contribution >= 4 is 40.9 Å². The van der Waals surface area contributed by atoms with Crippen LogP contribution in [0.4, 0.5) is 5.69 Å². The van der Waals surface area contributed by atoms with Crippen molar-refractivity contribution in [3.05, 3.63) is 58.6 Å². The van der Waals surface area contributed by atoms with Crippen LogP contribution in [0.2, 0.25) is 5.02 Å². The minimum atomic E-state index is -1.53. The van der Waals surface area contributed by atoms with Crippen LogP contribution in [0.15, 0.2) is 42.5 Å². The number of nitrogens with two attached hydrogens (primary N) is 1. The van der Waals surface area contributed by atoms with E-state index in [4.69, 9.17) is 22.1 Å². The number of amides is 4. The molecule has 0 unspecified atom stereocenters. The standard InChI is InChI=1S/C23H21ClN4O5/c1-33-16-5-3-2-4-11(16)10-28-20(30)18-15(9-17(25)29)27-23(19(18)21(28)31)13-8-12(24)6-7-14(13)26-22(23)32/h2-8,15,18-19,27H,9-10H2,1H3,(H2,25,29)(H,26,32)/t15-,18-,19+,23+/m1/s1. The van der Waals surface area contributed by atoms with Crippen LogP contribution < -0.4 is 21.1 Å². The number of halogens is 1. The number of nitrogens with zero attached hydrogens (tertiary/aromatic N) is 1. The topological polar surface area (TPSA) is 131 Å². The Morgan fingerprint density at radius 1 is 1.18 bits per heavy atom. The van der Waals surface area contributed by atoms with Crippen molar-refractivity contribution in [2.45, 2.75) is 24.5 Å². The molecule has 2 saturated heterocycles. The fourth-order valence-electron chi connectivity index (χ4n) is 5.39. The summed E-state index contributed by atoms with van der Waals surface area (Å²) in [6, 6.07) is 11.2. The Morgan fingerprint density at radius 3 is 2.67 bits per heavy atom. The molecule has 0 radical (unpaired) electrons. The number of carbonyl (C=O) groups is 4. The van der Waals surface area contributed by atoms with Gasteiger partial charge in [-0.05, 0) is 24.3 Å². The van der Waals surface area contributed by atoms with Gasteiger partial charge in [0.05, 0.1) is 25.5 Å². The molecule has 9 nitrogen and oxygen atoms in total. The van der Waals surface area contributed by atoms with Crippen molar-refractivity contribution in [2.24, 2.45) is 17.6 Å². The number of hydrogen-bond acceptors (Lipinski definition) is 6. The number of likely N-dealkylation sites (tertiary alicyclic amines) is 1. The van der Waals surface area contributed by atoms with E-state index in [0.717, 1.165) is 4.90 Å². The molecule has 33 heavy (non-hydrogen) atoms. The fourth-order valence-corrected chi connectivity index (χ4v) is 5.56. The maximum Gasteiger partial charge on any atom is 0.250 e. The van der Waals surface area contributed by atoms with Crippen molar-refractivity contribution in [1.29, 1.82) is 0 Å². The number of hydrogen-bond donors (Lipinski definition) is 3. The van der Waals surface area contributed by atoms with Crippen molar-refractivity contribution < 1.29 is 23.9 Å². The van der Waals surface area contributed by atoms with Crippen LogP contribution >= 0.6 is 11.6 Å². The predicted octanol–water partition coefficient (Wildman–Crippen LogP) is 1.14. The first-order valence-electron chi connectivity index (χ1n) is 10.4. The molecule has 3 aliphatic heterocycles. The summed E-state index contributed by atoms with van der Waals surface area (Å²) in [6.45, 7) is -0.0158. The Morgan fingerprint density at radius 2 is 1.94 bits per heavy atom. The Bertz CT molecular complexity index is 1220. The molecule has 3 aliphatic rings. The van der Waals surface area contributed by atoms with E-state index in [1.54, 1.807) is 42.5 Å². The molecule has 3 heterocycles. The summed E-state index contributed by atoms with van der Waals surface area (Å²) in [7, 11) is 1.51. The van der Waals surface area contributed by atoms with E-state index in [9.17, 15) is 19.2 Å². The lowest BCUT2D eigenvalue weighted by Crippen LogP contribution is -2.53. The molecular formula is C23H21ClN4O5. The van der Waals surface area contributed by atoms with Gasteiger partial charge < -0.3 is 15.8 Å². The quantitative estimate of drug-likeness (QED) is 0.564. The van der Waals surface area contributed by atoms with Crippen LogP contribution in [0.25, 0.3) is 0 Å². The minimum Gasteiger partial charge on any atom is -0.496 e. The van der Waals surface area contributed by atoms with Gasteiger partial charge in [0.2, 0.25) is 23.6 Å². The molecule has 0 saturated carbocycles. The number of carbonyl (C=O) groups excluding carboxylic acids is 4. The maximum atomic E-state index is 13.7. The molecular weight excluding hydrogens is 448 g/mol. The average Bonchev–Trinajstić information content (AvgIpc) is 3.34. The van der Waals surface area contributed by atoms with Gasteiger partial charge in [0.1, 0.15) is 11.3 Å². The molecule has 0 aliphatic carbocycles. The lowest BCUT2D eigenvalue weighted by atomic mass is 9.76. The van der Waals surface area contributed by atoms with Crippen molar-refractivity contribution in [2.75, 3.05) is 12.4 Å². The summed E-state index contributed by atoms with van der Waals surface area (Å²) < 4.78 is 5.36. The summed E-state index contributed by atoms with van der Waals surface area (Å²) in [5, 5.41) is 6.30. The van der Waals surface area contributed by atoms with E-state index >= 15 is 0 Å². The molecule has 4 amide bonds. The Labute approximate surface area is 194 Å². The van der Waals surface area contributed by atoms with Crippen LogP contribution in [-0.2, 0) is 31.3 Å². The van der Waals surface area contributed by atoms with Gasteiger partial charge in [-0.25, -0.2) is 0 Å². The smallest absolute Gasteiger partial charge is 0.250 e. The third-order valence-electron chi connectivity index (χ3n) is 6.71. The normalized spacial score (nSPS) is 27.6. The number of fused-ring (bicyclic) bond motifs is 4. The Kier molecular flexibility index (Phi) is 4.91. The van der Waals surface area contributed by atoms with Crippen molar-refractivity contribution in [1.82, 2.24) is 10.2 Å². The lowest BCUT2D eigenvalue weighted by Gasteiger charge is -2.29. The van der Waals surface area contributed by atoms with E-state index < -0.39 is 47.0 Å². The number of imide groups is 1. The second-order valence-electron chi connectivity index (χ2n) is 8.45. The summed E-state index contributed by atoms with van der Waals surface area (Å²) in [5.74, 6) is -3.53. The predicted molar refractivity (Wildman–Crippen MR) is 118 cm³/mol. The number of methoxy groups -OCH3 is 1. The zero-order valence-corrected chi connectivity index (χ0v) is 18.4. The second-order valence-corrected chi connectivity index (χ2v) is 8.89. The molecule has 2 aromatic rings. The zero-order valence-electron chi connectivity index (χ0n) is 17.6. The molecule has 1 spiro atoms. The van der Waals surface area contributed by atoms with Gasteiger partial charge in [-0.2, -0.15) is 0 Å². The highest BCUT2D eigenvalue weighted by Gasteiger charge is 2.70. The van der Waals surface area contributed by atoms with Crippen molar-refractivity contribution in [3.8, 4) is 5.75 Å². The first-order valence-corrected chi connectivity index (χ1v) is 10.8. The molecule has 170 valence electrons. The number of benzene rings is 2. The average molecular weight is 469 g/mol. The van der Waals surface area contributed by atoms with Crippen LogP contribution in [0.5, 0.6) is 5.75 Å². The van der Waals surface area contributed by atoms with E-state index in [-0.39, 0.29) is 13.0 Å². The number of para-hydroxylation sites is 1. The number of ether oxygens (including phenoxy) is 1. The number of primary amides is 1. The third kappa shape index (κ3) is 3.03. The Balaban J connectivity index is 1.61. The van der Waals surface area contributed by atoms with E-state index in [1.165, 1.54) is 7.11 Å².